The largest absolute Gasteiger partial charge is 0.497 e. The van der Waals surface area contributed by atoms with Gasteiger partial charge in [-0.05, 0) is 88.3 Å². The molecule has 1 aliphatic heterocycles. The third-order valence-electron chi connectivity index (χ3n) is 8.05. The van der Waals surface area contributed by atoms with Crippen molar-refractivity contribution in [1.29, 1.82) is 0 Å². The Kier molecular flexibility index (Phi) is 10.8. The number of piperidine rings is 1. The number of hydrogen-bond acceptors (Lipinski definition) is 13. The van der Waals surface area contributed by atoms with E-state index in [1.807, 2.05) is 0 Å². The van der Waals surface area contributed by atoms with Gasteiger partial charge in [0.15, 0.2) is 6.61 Å². The van der Waals surface area contributed by atoms with Gasteiger partial charge in [0.25, 0.3) is 5.91 Å². The minimum Gasteiger partial charge on any atom is -0.497 e. The summed E-state index contributed by atoms with van der Waals surface area (Å²) in [7, 11) is -2.77. The molecule has 1 saturated carbocycles. The molecule has 50 heavy (non-hydrogen) atoms. The summed E-state index contributed by atoms with van der Waals surface area (Å²) in [5.41, 5.74) is 0.400. The first-order valence-electron chi connectivity index (χ1n) is 15.4. The molecular formula is C30H37F3N8O7S2. The van der Waals surface area contributed by atoms with Crippen molar-refractivity contribution in [2.45, 2.75) is 47.5 Å². The van der Waals surface area contributed by atoms with Gasteiger partial charge in [-0.3, -0.25) is 4.79 Å². The Labute approximate surface area is 287 Å². The predicted octanol–water partition coefficient (Wildman–Crippen LogP) is 2.67. The van der Waals surface area contributed by atoms with E-state index in [9.17, 15) is 34.8 Å². The molecule has 5 rings (SSSR count). The molecule has 20 heteroatoms. The summed E-state index contributed by atoms with van der Waals surface area (Å²) in [5, 5.41) is 2.85. The summed E-state index contributed by atoms with van der Waals surface area (Å²) >= 11 is 0. The molecule has 1 aliphatic carbocycles. The Bertz CT molecular complexity index is 1880. The predicted molar refractivity (Wildman–Crippen MR) is 177 cm³/mol. The van der Waals surface area contributed by atoms with Gasteiger partial charge in [0, 0.05) is 36.9 Å². The Morgan fingerprint density at radius 3 is 2.18 bits per heavy atom. The van der Waals surface area contributed by atoms with Gasteiger partial charge < -0.3 is 24.6 Å². The van der Waals surface area contributed by atoms with Gasteiger partial charge in [-0.1, -0.05) is 0 Å². The van der Waals surface area contributed by atoms with Crippen LogP contribution in [-0.4, -0.2) is 107 Å². The van der Waals surface area contributed by atoms with E-state index in [0.717, 1.165) is 0 Å². The van der Waals surface area contributed by atoms with Gasteiger partial charge in [0.2, 0.25) is 31.9 Å². The van der Waals surface area contributed by atoms with Gasteiger partial charge in [-0.15, -0.1) is 0 Å². The summed E-state index contributed by atoms with van der Waals surface area (Å²) in [6, 6.07) is 10.6. The molecule has 3 N–H and O–H groups in total. The van der Waals surface area contributed by atoms with Crippen LogP contribution in [0.1, 0.15) is 36.0 Å². The molecule has 2 heterocycles. The average molecular weight is 743 g/mol. The summed E-state index contributed by atoms with van der Waals surface area (Å²) in [6.07, 6.45) is -3.08. The van der Waals surface area contributed by atoms with Crippen molar-refractivity contribution in [2.75, 3.05) is 57.7 Å². The van der Waals surface area contributed by atoms with Crippen molar-refractivity contribution in [3.8, 4) is 11.8 Å². The lowest BCUT2D eigenvalue weighted by atomic mass is 10.1. The fraction of sp³-hybridized carbons (Fsp3) is 0.467. The van der Waals surface area contributed by atoms with Crippen LogP contribution in [0.15, 0.2) is 53.4 Å². The lowest BCUT2D eigenvalue weighted by molar-refractivity contribution is -0.154. The number of nitrogens with zero attached hydrogens (tertiary/aromatic N) is 5. The van der Waals surface area contributed by atoms with Gasteiger partial charge in [0.05, 0.1) is 12.0 Å². The average Bonchev–Trinajstić information content (AvgIpc) is 3.84. The van der Waals surface area contributed by atoms with E-state index in [0.29, 0.717) is 37.1 Å². The zero-order chi connectivity index (χ0) is 36.3. The molecule has 1 saturated heterocycles. The van der Waals surface area contributed by atoms with E-state index in [-0.39, 0.29) is 42.0 Å². The number of ether oxygens (including phenoxy) is 2. The number of carbonyl (C=O) groups is 1. The number of nitrogens with one attached hydrogen (secondary N) is 3. The molecule has 1 amide bonds. The third kappa shape index (κ3) is 9.29. The molecule has 0 unspecified atom stereocenters. The SMILES string of the molecule is COc1ccc(S(=O)(=O)NC2CCN(c3nc(Nc4ccc(C(=O)NS(=O)(=O)C5(CN(C)C)CC5)cc4)nc(OCC(F)(F)F)n3)CC2)cc1. The first kappa shape index (κ1) is 37.0. The van der Waals surface area contributed by atoms with Crippen LogP contribution < -0.4 is 29.1 Å². The first-order valence-corrected chi connectivity index (χ1v) is 18.4. The van der Waals surface area contributed by atoms with Crippen molar-refractivity contribution >= 4 is 43.5 Å². The third-order valence-corrected chi connectivity index (χ3v) is 11.7. The highest BCUT2D eigenvalue weighted by Gasteiger charge is 2.55. The quantitative estimate of drug-likeness (QED) is 0.219. The van der Waals surface area contributed by atoms with Crippen LogP contribution in [0.2, 0.25) is 0 Å². The zero-order valence-corrected chi connectivity index (χ0v) is 29.0. The maximum atomic E-state index is 13.0. The highest BCUT2D eigenvalue weighted by molar-refractivity contribution is 7.91. The Morgan fingerprint density at radius 2 is 1.62 bits per heavy atom. The van der Waals surface area contributed by atoms with Crippen LogP contribution in [0.5, 0.6) is 11.8 Å². The molecule has 2 aliphatic rings. The number of aromatic nitrogens is 3. The maximum Gasteiger partial charge on any atom is 0.422 e. The normalized spacial score (nSPS) is 16.6. The van der Waals surface area contributed by atoms with Crippen molar-refractivity contribution in [3.63, 3.8) is 0 Å². The topological polar surface area (TPSA) is 185 Å². The monoisotopic (exact) mass is 742 g/mol. The van der Waals surface area contributed by atoms with Crippen LogP contribution in [0.3, 0.4) is 0 Å². The number of amides is 1. The van der Waals surface area contributed by atoms with Crippen LogP contribution in [0, 0.1) is 0 Å². The Balaban J connectivity index is 1.26. The van der Waals surface area contributed by atoms with Gasteiger partial charge in [0.1, 0.15) is 10.5 Å². The highest BCUT2D eigenvalue weighted by atomic mass is 32.2. The van der Waals surface area contributed by atoms with Gasteiger partial charge in [-0.25, -0.2) is 26.3 Å². The van der Waals surface area contributed by atoms with Crippen LogP contribution in [-0.2, 0) is 20.0 Å². The van der Waals surface area contributed by atoms with Gasteiger partial charge in [-0.2, -0.15) is 28.1 Å². The summed E-state index contributed by atoms with van der Waals surface area (Å²) in [5.74, 6) is -0.448. The first-order chi connectivity index (χ1) is 23.5. The summed E-state index contributed by atoms with van der Waals surface area (Å²) in [6.45, 7) is -0.836. The van der Waals surface area contributed by atoms with E-state index < -0.39 is 55.5 Å². The number of sulfonamides is 2. The second kappa shape index (κ2) is 14.5. The maximum absolute atomic E-state index is 13.0. The molecule has 272 valence electrons. The molecule has 15 nitrogen and oxygen atoms in total. The smallest absolute Gasteiger partial charge is 0.422 e. The fourth-order valence-corrected chi connectivity index (χ4v) is 8.30. The van der Waals surface area contributed by atoms with Crippen molar-refractivity contribution in [1.82, 2.24) is 29.3 Å². The van der Waals surface area contributed by atoms with Crippen LogP contribution in [0.25, 0.3) is 0 Å². The van der Waals surface area contributed by atoms with E-state index in [1.54, 1.807) is 23.9 Å². The number of halogens is 3. The minimum absolute atomic E-state index is 0.00377. The van der Waals surface area contributed by atoms with E-state index in [1.165, 1.54) is 55.6 Å². The minimum atomic E-state index is -4.66. The summed E-state index contributed by atoms with van der Waals surface area (Å²) in [4.78, 5) is 28.6. The molecule has 0 bridgehead atoms. The Morgan fingerprint density at radius 1 is 0.980 bits per heavy atom. The van der Waals surface area contributed by atoms with Crippen molar-refractivity contribution in [3.05, 3.63) is 54.1 Å². The lowest BCUT2D eigenvalue weighted by Crippen LogP contribution is -2.45. The van der Waals surface area contributed by atoms with Crippen LogP contribution >= 0.6 is 0 Å². The number of rotatable bonds is 14. The number of alkyl halides is 3. The molecule has 0 radical (unpaired) electrons. The molecule has 2 aromatic carbocycles. The van der Waals surface area contributed by atoms with E-state index >= 15 is 0 Å². The number of methoxy groups -OCH3 is 1. The highest BCUT2D eigenvalue weighted by Crippen LogP contribution is 2.43. The molecule has 2 fully saturated rings. The van der Waals surface area contributed by atoms with Crippen LogP contribution in [0.4, 0.5) is 30.8 Å². The standard InChI is InChI=1S/C30H37F3N8O7S2/c1-40(2)18-29(14-15-29)50(45,46)39-25(42)20-4-6-21(7-5-20)34-26-35-27(37-28(36-26)48-19-30(31,32)33)41-16-12-22(13-17-41)38-49(43,44)24-10-8-23(47-3)9-11-24/h4-11,22,38H,12-19H2,1-3H3,(H,39,42)(H,34,35,36,37). The number of anilines is 3. The molecule has 0 atom stereocenters. The van der Waals surface area contributed by atoms with Crippen molar-refractivity contribution in [2.24, 2.45) is 0 Å². The fourth-order valence-electron chi connectivity index (χ4n) is 5.34. The lowest BCUT2D eigenvalue weighted by Gasteiger charge is -2.32. The number of carbonyl (C=O) groups excluding carboxylic acids is 1. The number of hydrogen-bond donors (Lipinski definition) is 3. The Hall–Kier alpha value is -4.27. The molecular weight excluding hydrogens is 706 g/mol. The van der Waals surface area contributed by atoms with Crippen molar-refractivity contribution < 1.29 is 44.3 Å². The number of benzene rings is 2. The van der Waals surface area contributed by atoms with Gasteiger partial charge >= 0.3 is 12.2 Å². The zero-order valence-electron chi connectivity index (χ0n) is 27.4. The van der Waals surface area contributed by atoms with E-state index in [4.69, 9.17) is 9.47 Å². The molecule has 3 aromatic rings. The van der Waals surface area contributed by atoms with E-state index in [2.05, 4.69) is 29.7 Å². The molecule has 0 spiro atoms. The summed E-state index contributed by atoms with van der Waals surface area (Å²) < 4.78 is 104. The second-order valence-electron chi connectivity index (χ2n) is 12.3. The second-order valence-corrected chi connectivity index (χ2v) is 16.1. The molecule has 1 aromatic heterocycles.